The van der Waals surface area contributed by atoms with Crippen LogP contribution in [0.3, 0.4) is 0 Å². The first kappa shape index (κ1) is 19.3. The number of carbonyl (C=O) groups is 1. The second-order valence-corrected chi connectivity index (χ2v) is 6.89. The molecule has 130 valence electrons. The minimum absolute atomic E-state index is 0.0308. The molecule has 4 heteroatoms. The van der Waals surface area contributed by atoms with Crippen molar-refractivity contribution in [2.75, 3.05) is 26.2 Å². The van der Waals surface area contributed by atoms with Crippen LogP contribution in [0.4, 0.5) is 4.79 Å². The number of carbonyl (C=O) groups excluding carboxylic acids is 1. The molecule has 2 amide bonds. The number of para-hydroxylation sites is 1. The van der Waals surface area contributed by atoms with Crippen LogP contribution in [0.5, 0.6) is 5.75 Å². The number of nitrogens with one attached hydrogen (secondary N) is 1. The SMILES string of the molecule is Cc1ccccc1OCCCNC(=O)N(CC(C)C)CC(C)C. The summed E-state index contributed by atoms with van der Waals surface area (Å²) < 4.78 is 5.74. The molecule has 0 heterocycles. The Balaban J connectivity index is 2.30. The van der Waals surface area contributed by atoms with Gasteiger partial charge in [-0.25, -0.2) is 4.79 Å². The fourth-order valence-corrected chi connectivity index (χ4v) is 2.40. The van der Waals surface area contributed by atoms with Crippen molar-refractivity contribution in [2.45, 2.75) is 41.0 Å². The summed E-state index contributed by atoms with van der Waals surface area (Å²) >= 11 is 0. The Hall–Kier alpha value is -1.71. The van der Waals surface area contributed by atoms with Gasteiger partial charge in [-0.2, -0.15) is 0 Å². The zero-order valence-electron chi connectivity index (χ0n) is 15.3. The zero-order chi connectivity index (χ0) is 17.2. The molecule has 0 aliphatic carbocycles. The number of benzene rings is 1. The molecule has 1 rings (SSSR count). The normalized spacial score (nSPS) is 10.9. The van der Waals surface area contributed by atoms with Gasteiger partial charge in [0.2, 0.25) is 0 Å². The smallest absolute Gasteiger partial charge is 0.317 e. The molecule has 0 fully saturated rings. The fraction of sp³-hybridized carbons (Fsp3) is 0.632. The summed E-state index contributed by atoms with van der Waals surface area (Å²) in [7, 11) is 0. The molecule has 23 heavy (non-hydrogen) atoms. The van der Waals surface area contributed by atoms with E-state index < -0.39 is 0 Å². The van der Waals surface area contributed by atoms with Crippen LogP contribution in [-0.2, 0) is 0 Å². The second kappa shape index (κ2) is 10.1. The molecule has 0 aromatic heterocycles. The van der Waals surface area contributed by atoms with Crippen LogP contribution in [0.1, 0.15) is 39.7 Å². The molecule has 0 saturated carbocycles. The van der Waals surface area contributed by atoms with Gasteiger partial charge < -0.3 is 15.0 Å². The Morgan fingerprint density at radius 1 is 1.13 bits per heavy atom. The molecule has 1 aromatic rings. The lowest BCUT2D eigenvalue weighted by atomic mass is 10.1. The summed E-state index contributed by atoms with van der Waals surface area (Å²) in [6.07, 6.45) is 0.803. The molecule has 1 N–H and O–H groups in total. The van der Waals surface area contributed by atoms with Crippen molar-refractivity contribution in [2.24, 2.45) is 11.8 Å². The Morgan fingerprint density at radius 2 is 1.74 bits per heavy atom. The summed E-state index contributed by atoms with van der Waals surface area (Å²) in [5.74, 6) is 1.87. The van der Waals surface area contributed by atoms with E-state index in [4.69, 9.17) is 4.74 Å². The standard InChI is InChI=1S/C19H32N2O2/c1-15(2)13-21(14-16(3)4)19(22)20-11-8-12-23-18-10-7-6-9-17(18)5/h6-7,9-10,15-16H,8,11-14H2,1-5H3,(H,20,22). The van der Waals surface area contributed by atoms with E-state index in [0.717, 1.165) is 30.8 Å². The maximum atomic E-state index is 12.3. The van der Waals surface area contributed by atoms with Crippen LogP contribution >= 0.6 is 0 Å². The molecule has 0 aliphatic heterocycles. The largest absolute Gasteiger partial charge is 0.493 e. The Kier molecular flexibility index (Phi) is 8.52. The van der Waals surface area contributed by atoms with Gasteiger partial charge in [0, 0.05) is 19.6 Å². The first-order chi connectivity index (χ1) is 10.9. The van der Waals surface area contributed by atoms with E-state index in [2.05, 4.69) is 33.0 Å². The van der Waals surface area contributed by atoms with Crippen LogP contribution < -0.4 is 10.1 Å². The highest BCUT2D eigenvalue weighted by Gasteiger charge is 2.15. The number of urea groups is 1. The van der Waals surface area contributed by atoms with Crippen molar-refractivity contribution in [3.05, 3.63) is 29.8 Å². The van der Waals surface area contributed by atoms with Crippen molar-refractivity contribution < 1.29 is 9.53 Å². The Bertz CT molecular complexity index is 462. The summed E-state index contributed by atoms with van der Waals surface area (Å²) in [6, 6.07) is 8.01. The summed E-state index contributed by atoms with van der Waals surface area (Å²) in [5.41, 5.74) is 1.14. The summed E-state index contributed by atoms with van der Waals surface area (Å²) in [6.45, 7) is 13.4. The van der Waals surface area contributed by atoms with Gasteiger partial charge >= 0.3 is 6.03 Å². The van der Waals surface area contributed by atoms with E-state index in [1.54, 1.807) is 0 Å². The van der Waals surface area contributed by atoms with E-state index in [0.29, 0.717) is 25.0 Å². The first-order valence-corrected chi connectivity index (χ1v) is 8.61. The van der Waals surface area contributed by atoms with E-state index in [1.165, 1.54) is 0 Å². The van der Waals surface area contributed by atoms with Gasteiger partial charge in [-0.1, -0.05) is 45.9 Å². The lowest BCUT2D eigenvalue weighted by Crippen LogP contribution is -2.44. The van der Waals surface area contributed by atoms with Gasteiger partial charge in [0.15, 0.2) is 0 Å². The highest BCUT2D eigenvalue weighted by Crippen LogP contribution is 2.16. The molecule has 0 aliphatic rings. The Labute approximate surface area is 141 Å². The maximum Gasteiger partial charge on any atom is 0.317 e. The van der Waals surface area contributed by atoms with Crippen molar-refractivity contribution in [3.8, 4) is 5.75 Å². The number of hydrogen-bond acceptors (Lipinski definition) is 2. The topological polar surface area (TPSA) is 41.6 Å². The van der Waals surface area contributed by atoms with Crippen LogP contribution in [0, 0.1) is 18.8 Å². The average Bonchev–Trinajstić information content (AvgIpc) is 2.47. The van der Waals surface area contributed by atoms with Crippen LogP contribution in [0.15, 0.2) is 24.3 Å². The van der Waals surface area contributed by atoms with Crippen molar-refractivity contribution in [3.63, 3.8) is 0 Å². The van der Waals surface area contributed by atoms with E-state index in [-0.39, 0.29) is 6.03 Å². The fourth-order valence-electron chi connectivity index (χ4n) is 2.40. The number of hydrogen-bond donors (Lipinski definition) is 1. The lowest BCUT2D eigenvalue weighted by Gasteiger charge is -2.26. The highest BCUT2D eigenvalue weighted by molar-refractivity contribution is 5.74. The van der Waals surface area contributed by atoms with Gasteiger partial charge in [-0.3, -0.25) is 0 Å². The van der Waals surface area contributed by atoms with E-state index in [9.17, 15) is 4.79 Å². The summed E-state index contributed by atoms with van der Waals surface area (Å²) in [5, 5.41) is 3.00. The third kappa shape index (κ3) is 7.91. The molecule has 4 nitrogen and oxygen atoms in total. The molecule has 0 atom stereocenters. The number of amides is 2. The third-order valence-electron chi connectivity index (χ3n) is 3.41. The summed E-state index contributed by atoms with van der Waals surface area (Å²) in [4.78, 5) is 14.2. The van der Waals surface area contributed by atoms with Crippen molar-refractivity contribution in [1.82, 2.24) is 10.2 Å². The van der Waals surface area contributed by atoms with Crippen molar-refractivity contribution in [1.29, 1.82) is 0 Å². The predicted molar refractivity (Wildman–Crippen MR) is 95.9 cm³/mol. The number of rotatable bonds is 9. The maximum absolute atomic E-state index is 12.3. The molecule has 0 saturated heterocycles. The molecular formula is C19H32N2O2. The number of ether oxygens (including phenoxy) is 1. The molecular weight excluding hydrogens is 288 g/mol. The lowest BCUT2D eigenvalue weighted by molar-refractivity contribution is 0.182. The van der Waals surface area contributed by atoms with Crippen molar-refractivity contribution >= 4 is 6.03 Å². The van der Waals surface area contributed by atoms with Gasteiger partial charge in [-0.05, 0) is 36.8 Å². The van der Waals surface area contributed by atoms with Gasteiger partial charge in [0.1, 0.15) is 5.75 Å². The highest BCUT2D eigenvalue weighted by atomic mass is 16.5. The quantitative estimate of drug-likeness (QED) is 0.696. The molecule has 0 unspecified atom stereocenters. The second-order valence-electron chi connectivity index (χ2n) is 6.89. The third-order valence-corrected chi connectivity index (χ3v) is 3.41. The Morgan fingerprint density at radius 3 is 2.30 bits per heavy atom. The molecule has 0 bridgehead atoms. The zero-order valence-corrected chi connectivity index (χ0v) is 15.3. The number of aryl methyl sites for hydroxylation is 1. The molecule has 1 aromatic carbocycles. The van der Waals surface area contributed by atoms with Gasteiger partial charge in [0.25, 0.3) is 0 Å². The molecule has 0 radical (unpaired) electrons. The molecule has 0 spiro atoms. The van der Waals surface area contributed by atoms with Gasteiger partial charge in [0.05, 0.1) is 6.61 Å². The van der Waals surface area contributed by atoms with E-state index in [1.807, 2.05) is 36.1 Å². The monoisotopic (exact) mass is 320 g/mol. The van der Waals surface area contributed by atoms with Crippen LogP contribution in [0.2, 0.25) is 0 Å². The first-order valence-electron chi connectivity index (χ1n) is 8.61. The van der Waals surface area contributed by atoms with E-state index >= 15 is 0 Å². The predicted octanol–water partition coefficient (Wildman–Crippen LogP) is 4.09. The van der Waals surface area contributed by atoms with Gasteiger partial charge in [-0.15, -0.1) is 0 Å². The average molecular weight is 320 g/mol. The number of nitrogens with zero attached hydrogens (tertiary/aromatic N) is 1. The minimum atomic E-state index is 0.0308. The minimum Gasteiger partial charge on any atom is -0.493 e. The van der Waals surface area contributed by atoms with Crippen LogP contribution in [0.25, 0.3) is 0 Å². The van der Waals surface area contributed by atoms with Crippen LogP contribution in [-0.4, -0.2) is 37.2 Å².